The molecule has 2 aliphatic heterocycles. The zero-order valence-electron chi connectivity index (χ0n) is 27.4. The van der Waals surface area contributed by atoms with Crippen LogP contribution in [0.3, 0.4) is 0 Å². The number of hydrogen-bond acceptors (Lipinski definition) is 8. The summed E-state index contributed by atoms with van der Waals surface area (Å²) in [6.07, 6.45) is 1.65. The SMILES string of the molecule is C[C@H]1CC(c2cccc(C(C)(C)C)n2)Nc2cccc(n2)S(=O)(=O)NC(=O)c2ccc(C(C)(C)C)nc2N2C[C@@H]1CC2(C)C. The molecule has 0 aliphatic carbocycles. The normalized spacial score (nSPS) is 23.5. The highest BCUT2D eigenvalue weighted by molar-refractivity contribution is 7.90. The molecule has 3 aromatic rings. The van der Waals surface area contributed by atoms with Gasteiger partial charge in [0.2, 0.25) is 0 Å². The van der Waals surface area contributed by atoms with Crippen LogP contribution in [0.15, 0.2) is 53.6 Å². The molecule has 5 rings (SSSR count). The van der Waals surface area contributed by atoms with E-state index < -0.39 is 15.9 Å². The maximum absolute atomic E-state index is 13.7. The van der Waals surface area contributed by atoms with Crippen molar-refractivity contribution in [3.8, 4) is 0 Å². The summed E-state index contributed by atoms with van der Waals surface area (Å²) in [6.45, 7) is 20.0. The molecule has 1 saturated heterocycles. The van der Waals surface area contributed by atoms with Crippen molar-refractivity contribution in [2.45, 2.75) is 103 Å². The molecule has 1 fully saturated rings. The summed E-state index contributed by atoms with van der Waals surface area (Å²) in [6, 6.07) is 14.2. The number of nitrogens with one attached hydrogen (secondary N) is 2. The van der Waals surface area contributed by atoms with Crippen molar-refractivity contribution in [2.75, 3.05) is 16.8 Å². The Labute approximate surface area is 262 Å². The highest BCUT2D eigenvalue weighted by atomic mass is 32.2. The van der Waals surface area contributed by atoms with Crippen molar-refractivity contribution >= 4 is 27.6 Å². The molecule has 5 heterocycles. The van der Waals surface area contributed by atoms with E-state index in [1.54, 1.807) is 18.2 Å². The topological polar surface area (TPSA) is 117 Å². The Kier molecular flexibility index (Phi) is 8.06. The Morgan fingerprint density at radius 2 is 1.55 bits per heavy atom. The fraction of sp³-hybridized carbons (Fsp3) is 0.529. The largest absolute Gasteiger partial charge is 0.362 e. The quantitative estimate of drug-likeness (QED) is 0.323. The molecular weight excluding hydrogens is 572 g/mol. The van der Waals surface area contributed by atoms with E-state index in [2.05, 4.69) is 82.2 Å². The number of hydrogen-bond donors (Lipinski definition) is 2. The summed E-state index contributed by atoms with van der Waals surface area (Å²) in [4.78, 5) is 30.4. The number of amides is 1. The Morgan fingerprint density at radius 1 is 0.886 bits per heavy atom. The van der Waals surface area contributed by atoms with Gasteiger partial charge in [0.15, 0.2) is 5.03 Å². The molecule has 0 aromatic carbocycles. The lowest BCUT2D eigenvalue weighted by atomic mass is 9.83. The van der Waals surface area contributed by atoms with Gasteiger partial charge in [-0.3, -0.25) is 9.78 Å². The standard InChI is InChI=1S/C34H46N6O3S/c1-21-18-25(24-12-10-13-26(35-24)32(2,3)4)36-28-14-11-15-29(38-28)44(42,43)39-31(41)23-16-17-27(33(5,6)7)37-30(23)40-20-22(21)19-34(40,8)9/h10-17,21-22,25H,18-20H2,1-9H3,(H,36,38)(H,39,41)/t21-,22-,25?/m0/s1. The monoisotopic (exact) mass is 618 g/mol. The lowest BCUT2D eigenvalue weighted by Crippen LogP contribution is -2.41. The minimum absolute atomic E-state index is 0.131. The van der Waals surface area contributed by atoms with Crippen LogP contribution < -0.4 is 14.9 Å². The lowest BCUT2D eigenvalue weighted by Gasteiger charge is -2.34. The van der Waals surface area contributed by atoms with Crippen LogP contribution in [0.5, 0.6) is 0 Å². The second-order valence-electron chi connectivity index (χ2n) is 15.1. The molecule has 0 radical (unpaired) electrons. The van der Waals surface area contributed by atoms with Crippen LogP contribution in [-0.4, -0.2) is 41.4 Å². The zero-order valence-corrected chi connectivity index (χ0v) is 28.2. The molecule has 3 aromatic heterocycles. The van der Waals surface area contributed by atoms with E-state index in [1.807, 2.05) is 24.3 Å². The van der Waals surface area contributed by atoms with E-state index in [4.69, 9.17) is 9.97 Å². The number of fused-ring (bicyclic) bond motifs is 6. The number of anilines is 2. The lowest BCUT2D eigenvalue weighted by molar-refractivity contribution is 0.0981. The molecule has 3 atom stereocenters. The Bertz CT molecular complexity index is 1670. The average molecular weight is 619 g/mol. The van der Waals surface area contributed by atoms with Gasteiger partial charge >= 0.3 is 0 Å². The van der Waals surface area contributed by atoms with Crippen LogP contribution in [-0.2, 0) is 20.9 Å². The van der Waals surface area contributed by atoms with Crippen molar-refractivity contribution in [1.82, 2.24) is 19.7 Å². The van der Waals surface area contributed by atoms with E-state index >= 15 is 0 Å². The van der Waals surface area contributed by atoms with Gasteiger partial charge in [-0.25, -0.2) is 14.7 Å². The van der Waals surface area contributed by atoms with Crippen molar-refractivity contribution in [3.63, 3.8) is 0 Å². The summed E-state index contributed by atoms with van der Waals surface area (Å²) in [7, 11) is -4.28. The van der Waals surface area contributed by atoms with E-state index in [0.717, 1.165) is 29.9 Å². The van der Waals surface area contributed by atoms with Gasteiger partial charge in [0.25, 0.3) is 15.9 Å². The summed E-state index contributed by atoms with van der Waals surface area (Å²) >= 11 is 0. The first-order chi connectivity index (χ1) is 20.3. The van der Waals surface area contributed by atoms with Gasteiger partial charge < -0.3 is 10.2 Å². The first-order valence-corrected chi connectivity index (χ1v) is 16.9. The smallest absolute Gasteiger partial charge is 0.281 e. The number of carbonyl (C=O) groups excluding carboxylic acids is 1. The third-order valence-electron chi connectivity index (χ3n) is 8.91. The number of nitrogens with zero attached hydrogens (tertiary/aromatic N) is 4. The molecule has 4 bridgehead atoms. The molecule has 236 valence electrons. The van der Waals surface area contributed by atoms with Crippen LogP contribution in [0.4, 0.5) is 11.6 Å². The van der Waals surface area contributed by atoms with Crippen LogP contribution in [0, 0.1) is 11.8 Å². The second kappa shape index (κ2) is 11.1. The van der Waals surface area contributed by atoms with E-state index in [0.29, 0.717) is 24.1 Å². The van der Waals surface area contributed by atoms with Gasteiger partial charge in [0.1, 0.15) is 11.6 Å². The number of pyridine rings is 3. The summed E-state index contributed by atoms with van der Waals surface area (Å²) < 4.78 is 29.3. The Balaban J connectivity index is 1.66. The van der Waals surface area contributed by atoms with Gasteiger partial charge in [0, 0.05) is 34.3 Å². The number of aromatic nitrogens is 3. The Hall–Kier alpha value is -3.53. The predicted molar refractivity (Wildman–Crippen MR) is 174 cm³/mol. The molecular formula is C34H46N6O3S. The van der Waals surface area contributed by atoms with Crippen molar-refractivity contribution < 1.29 is 13.2 Å². The number of sulfonamides is 1. The van der Waals surface area contributed by atoms with Gasteiger partial charge in [0.05, 0.1) is 17.3 Å². The molecule has 0 spiro atoms. The number of rotatable bonds is 1. The molecule has 1 unspecified atom stereocenters. The van der Waals surface area contributed by atoms with Crippen molar-refractivity contribution in [3.05, 3.63) is 71.2 Å². The highest BCUT2D eigenvalue weighted by Gasteiger charge is 2.43. The minimum Gasteiger partial charge on any atom is -0.362 e. The maximum Gasteiger partial charge on any atom is 0.281 e. The highest BCUT2D eigenvalue weighted by Crippen LogP contribution is 2.43. The van der Waals surface area contributed by atoms with Gasteiger partial charge in [-0.15, -0.1) is 0 Å². The number of carbonyl (C=O) groups is 1. The van der Waals surface area contributed by atoms with Gasteiger partial charge in [-0.05, 0) is 74.9 Å². The first kappa shape index (κ1) is 31.9. The molecule has 2 aliphatic rings. The summed E-state index contributed by atoms with van der Waals surface area (Å²) in [5.41, 5.74) is 2.23. The maximum atomic E-state index is 13.7. The summed E-state index contributed by atoms with van der Waals surface area (Å²) in [5, 5.41) is 3.27. The fourth-order valence-electron chi connectivity index (χ4n) is 6.24. The molecule has 0 saturated carbocycles. The van der Waals surface area contributed by atoms with E-state index in [9.17, 15) is 13.2 Å². The average Bonchev–Trinajstić information content (AvgIpc) is 3.26. The minimum atomic E-state index is -4.28. The molecule has 1 amide bonds. The van der Waals surface area contributed by atoms with Crippen LogP contribution in [0.1, 0.15) is 109 Å². The van der Waals surface area contributed by atoms with Crippen LogP contribution in [0.25, 0.3) is 0 Å². The summed E-state index contributed by atoms with van der Waals surface area (Å²) in [5.74, 6) is 0.744. The zero-order chi connectivity index (χ0) is 32.2. The molecule has 44 heavy (non-hydrogen) atoms. The van der Waals surface area contributed by atoms with E-state index in [-0.39, 0.29) is 38.9 Å². The van der Waals surface area contributed by atoms with Gasteiger partial charge in [-0.1, -0.05) is 60.6 Å². The van der Waals surface area contributed by atoms with Crippen LogP contribution in [0.2, 0.25) is 0 Å². The van der Waals surface area contributed by atoms with Crippen LogP contribution >= 0.6 is 0 Å². The third-order valence-corrected chi connectivity index (χ3v) is 10.1. The Morgan fingerprint density at radius 3 is 2.23 bits per heavy atom. The van der Waals surface area contributed by atoms with E-state index in [1.165, 1.54) is 6.07 Å². The van der Waals surface area contributed by atoms with Crippen molar-refractivity contribution in [2.24, 2.45) is 11.8 Å². The molecule has 2 N–H and O–H groups in total. The third kappa shape index (κ3) is 6.46. The second-order valence-corrected chi connectivity index (χ2v) is 16.7. The predicted octanol–water partition coefficient (Wildman–Crippen LogP) is 6.38. The molecule has 9 nitrogen and oxygen atoms in total. The fourth-order valence-corrected chi connectivity index (χ4v) is 7.17. The van der Waals surface area contributed by atoms with Crippen molar-refractivity contribution in [1.29, 1.82) is 0 Å². The molecule has 10 heteroatoms. The van der Waals surface area contributed by atoms with Gasteiger partial charge in [-0.2, -0.15) is 8.42 Å². The first-order valence-electron chi connectivity index (χ1n) is 15.4.